The molecule has 0 fully saturated rings. The van der Waals surface area contributed by atoms with Crippen molar-refractivity contribution in [1.82, 2.24) is 15.0 Å². The van der Waals surface area contributed by atoms with E-state index in [4.69, 9.17) is 0 Å². The van der Waals surface area contributed by atoms with Crippen molar-refractivity contribution < 1.29 is 22.4 Å². The van der Waals surface area contributed by atoms with Crippen molar-refractivity contribution in [1.29, 1.82) is 0 Å². The van der Waals surface area contributed by atoms with E-state index in [0.717, 1.165) is 22.2 Å². The Bertz CT molecular complexity index is 905. The molecule has 1 aromatic heterocycles. The van der Waals surface area contributed by atoms with Crippen LogP contribution >= 0.6 is 23.3 Å². The Morgan fingerprint density at radius 2 is 1.81 bits per heavy atom. The Hall–Kier alpha value is -2.33. The zero-order chi connectivity index (χ0) is 18.7. The molecule has 3 rings (SSSR count). The summed E-state index contributed by atoms with van der Waals surface area (Å²) in [6.07, 6.45) is -0.397. The van der Waals surface area contributed by atoms with Gasteiger partial charge in [-0.2, -0.15) is 0 Å². The first-order valence-corrected chi connectivity index (χ1v) is 8.97. The molecule has 10 heteroatoms. The van der Waals surface area contributed by atoms with Gasteiger partial charge in [-0.25, -0.2) is 27.3 Å². The fraction of sp³-hybridized carbons (Fsp3) is 0.125. The largest absolute Gasteiger partial charge is 0.337 e. The molecule has 0 radical (unpaired) electrons. The van der Waals surface area contributed by atoms with Crippen LogP contribution in [0.15, 0.2) is 34.7 Å². The van der Waals surface area contributed by atoms with E-state index in [1.54, 1.807) is 0 Å². The first kappa shape index (κ1) is 18.5. The molecule has 0 aliphatic carbocycles. The number of amides is 2. The highest BCUT2D eigenvalue weighted by Gasteiger charge is 2.18. The summed E-state index contributed by atoms with van der Waals surface area (Å²) in [6, 6.07) is 7.00. The molecule has 0 saturated heterocycles. The van der Waals surface area contributed by atoms with Crippen molar-refractivity contribution in [3.8, 4) is 0 Å². The van der Waals surface area contributed by atoms with E-state index < -0.39 is 41.3 Å². The molecule has 136 valence electrons. The molecule has 0 atom stereocenters. The Morgan fingerprint density at radius 3 is 2.50 bits per heavy atom. The van der Waals surface area contributed by atoms with Gasteiger partial charge in [-0.15, -0.1) is 11.3 Å². The van der Waals surface area contributed by atoms with E-state index in [2.05, 4.69) is 15.0 Å². The molecule has 2 N–H and O–H groups in total. The van der Waals surface area contributed by atoms with Gasteiger partial charge in [0.05, 0.1) is 10.2 Å². The summed E-state index contributed by atoms with van der Waals surface area (Å²) in [5.41, 5.74) is 0.0583. The van der Waals surface area contributed by atoms with Gasteiger partial charge in [-0.3, -0.25) is 4.72 Å². The van der Waals surface area contributed by atoms with Crippen LogP contribution in [0.4, 0.5) is 22.4 Å². The van der Waals surface area contributed by atoms with Crippen LogP contribution in [0.5, 0.6) is 0 Å². The lowest BCUT2D eigenvalue weighted by molar-refractivity contribution is 0.246. The van der Waals surface area contributed by atoms with Crippen LogP contribution in [0.1, 0.15) is 5.56 Å². The van der Waals surface area contributed by atoms with Gasteiger partial charge in [0.1, 0.15) is 0 Å². The number of nitrogens with zero attached hydrogens (tertiary/aromatic N) is 1. The van der Waals surface area contributed by atoms with E-state index in [9.17, 15) is 22.4 Å². The third-order valence-corrected chi connectivity index (χ3v) is 5.25. The van der Waals surface area contributed by atoms with Crippen LogP contribution in [0.25, 0.3) is 10.2 Å². The lowest BCUT2D eigenvalue weighted by Crippen LogP contribution is -2.33. The number of hydrogen-bond acceptors (Lipinski definition) is 4. The summed E-state index contributed by atoms with van der Waals surface area (Å²) >= 11 is 2.38. The second-order valence-corrected chi connectivity index (χ2v) is 7.19. The summed E-state index contributed by atoms with van der Waals surface area (Å²) in [7, 11) is 0. The predicted octanol–water partition coefficient (Wildman–Crippen LogP) is 4.40. The van der Waals surface area contributed by atoms with Gasteiger partial charge < -0.3 is 5.32 Å². The number of rotatable bonds is 5. The Morgan fingerprint density at radius 1 is 1.12 bits per heavy atom. The molecular formula is C16H11F4N3OS2. The quantitative estimate of drug-likeness (QED) is 0.379. The highest BCUT2D eigenvalue weighted by molar-refractivity contribution is 7.99. The fourth-order valence-corrected chi connectivity index (χ4v) is 3.82. The Kier molecular flexibility index (Phi) is 5.62. The minimum absolute atomic E-state index is 0.142. The summed E-state index contributed by atoms with van der Waals surface area (Å²) in [5.74, 6) is -5.88. The zero-order valence-corrected chi connectivity index (χ0v) is 14.6. The van der Waals surface area contributed by atoms with Crippen molar-refractivity contribution in [3.63, 3.8) is 0 Å². The number of thiazole rings is 1. The number of urea groups is 1. The van der Waals surface area contributed by atoms with Crippen LogP contribution in [-0.2, 0) is 6.42 Å². The average Bonchev–Trinajstić information content (AvgIpc) is 3.04. The highest BCUT2D eigenvalue weighted by Crippen LogP contribution is 2.27. The van der Waals surface area contributed by atoms with Crippen molar-refractivity contribution in [2.45, 2.75) is 10.8 Å². The maximum absolute atomic E-state index is 13.5. The average molecular weight is 401 g/mol. The third-order valence-electron chi connectivity index (χ3n) is 3.37. The maximum Gasteiger partial charge on any atom is 0.325 e. The lowest BCUT2D eigenvalue weighted by Gasteiger charge is -2.08. The first-order chi connectivity index (χ1) is 12.5. The number of carbonyl (C=O) groups is 1. The molecule has 0 spiro atoms. The minimum atomic E-state index is -1.48. The first-order valence-electron chi connectivity index (χ1n) is 7.34. The summed E-state index contributed by atoms with van der Waals surface area (Å²) in [4.78, 5) is 16.0. The molecule has 0 unspecified atom stereocenters. The summed E-state index contributed by atoms with van der Waals surface area (Å²) in [6.45, 7) is -0.205. The summed E-state index contributed by atoms with van der Waals surface area (Å²) < 4.78 is 57.3. The van der Waals surface area contributed by atoms with Crippen LogP contribution in [0.2, 0.25) is 0 Å². The van der Waals surface area contributed by atoms with Crippen LogP contribution < -0.4 is 10.0 Å². The van der Waals surface area contributed by atoms with Crippen molar-refractivity contribution in [3.05, 3.63) is 59.2 Å². The monoisotopic (exact) mass is 401 g/mol. The van der Waals surface area contributed by atoms with Gasteiger partial charge in [0.25, 0.3) is 0 Å². The molecule has 26 heavy (non-hydrogen) atoms. The van der Waals surface area contributed by atoms with Gasteiger partial charge in [0.2, 0.25) is 0 Å². The van der Waals surface area contributed by atoms with Gasteiger partial charge in [0, 0.05) is 30.1 Å². The molecule has 4 nitrogen and oxygen atoms in total. The number of halogens is 4. The topological polar surface area (TPSA) is 54.0 Å². The van der Waals surface area contributed by atoms with Crippen LogP contribution in [-0.4, -0.2) is 17.6 Å². The number of benzene rings is 2. The van der Waals surface area contributed by atoms with Crippen LogP contribution in [0, 0.1) is 23.3 Å². The van der Waals surface area contributed by atoms with Gasteiger partial charge in [0.15, 0.2) is 27.6 Å². The molecule has 2 amide bonds. The molecule has 2 aromatic carbocycles. The smallest absolute Gasteiger partial charge is 0.325 e. The number of hydrogen-bond donors (Lipinski definition) is 2. The van der Waals surface area contributed by atoms with Crippen molar-refractivity contribution in [2.75, 3.05) is 6.54 Å². The molecule has 0 aliphatic heterocycles. The number of nitrogens with one attached hydrogen (secondary N) is 2. The second kappa shape index (κ2) is 7.92. The standard InChI is InChI=1S/C16H11F4N3OS2/c17-9-7-10(18)14(20)8(13(9)19)5-6-21-15(24)23-26-16-22-11-3-1-2-4-12(11)25-16/h1-4,7H,5-6H2,(H2,21,23,24). The third kappa shape index (κ3) is 4.07. The van der Waals surface area contributed by atoms with E-state index >= 15 is 0 Å². The van der Waals surface area contributed by atoms with E-state index in [-0.39, 0.29) is 12.6 Å². The number of fused-ring (bicyclic) bond motifs is 1. The van der Waals surface area contributed by atoms with E-state index in [0.29, 0.717) is 4.34 Å². The molecule has 0 aliphatic rings. The van der Waals surface area contributed by atoms with E-state index in [1.165, 1.54) is 11.3 Å². The van der Waals surface area contributed by atoms with Crippen molar-refractivity contribution >= 4 is 39.5 Å². The lowest BCUT2D eigenvalue weighted by atomic mass is 10.1. The maximum atomic E-state index is 13.5. The molecule has 0 bridgehead atoms. The highest BCUT2D eigenvalue weighted by atomic mass is 32.2. The van der Waals surface area contributed by atoms with Gasteiger partial charge in [-0.05, 0) is 18.6 Å². The number of aromatic nitrogens is 1. The minimum Gasteiger partial charge on any atom is -0.337 e. The Labute approximate surface area is 153 Å². The molecule has 3 aromatic rings. The normalized spacial score (nSPS) is 10.9. The van der Waals surface area contributed by atoms with Crippen molar-refractivity contribution in [2.24, 2.45) is 0 Å². The SMILES string of the molecule is O=C(NCCc1c(F)c(F)cc(F)c1F)NSc1nc2ccccc2s1. The number of para-hydroxylation sites is 1. The molecule has 0 saturated carbocycles. The van der Waals surface area contributed by atoms with Crippen LogP contribution in [0.3, 0.4) is 0 Å². The second-order valence-electron chi connectivity index (χ2n) is 5.10. The molecule has 1 heterocycles. The zero-order valence-electron chi connectivity index (χ0n) is 13.0. The Balaban J connectivity index is 1.52. The molecular weight excluding hydrogens is 390 g/mol. The van der Waals surface area contributed by atoms with E-state index in [1.807, 2.05) is 24.3 Å². The van der Waals surface area contributed by atoms with Gasteiger partial charge >= 0.3 is 6.03 Å². The fourth-order valence-electron chi connectivity index (χ4n) is 2.16. The number of carbonyl (C=O) groups excluding carboxylic acids is 1. The predicted molar refractivity (Wildman–Crippen MR) is 92.0 cm³/mol. The summed E-state index contributed by atoms with van der Waals surface area (Å²) in [5, 5.41) is 2.36. The van der Waals surface area contributed by atoms with Gasteiger partial charge in [-0.1, -0.05) is 12.1 Å².